The molecule has 0 unspecified atom stereocenters. The van der Waals surface area contributed by atoms with Gasteiger partial charge in [-0.3, -0.25) is 4.79 Å². The summed E-state index contributed by atoms with van der Waals surface area (Å²) in [5.74, 6) is -0.0793. The van der Waals surface area contributed by atoms with Crippen molar-refractivity contribution in [2.75, 3.05) is 6.54 Å². The van der Waals surface area contributed by atoms with Crippen LogP contribution in [0.15, 0.2) is 30.3 Å². The molecule has 3 N–H and O–H groups in total. The predicted octanol–water partition coefficient (Wildman–Crippen LogP) is 3.45. The molecule has 0 saturated heterocycles. The van der Waals surface area contributed by atoms with E-state index in [2.05, 4.69) is 5.32 Å². The van der Waals surface area contributed by atoms with Gasteiger partial charge in [0.05, 0.1) is 4.88 Å². The Morgan fingerprint density at radius 2 is 2.20 bits per heavy atom. The Bertz CT molecular complexity index is 624. The molecule has 0 aliphatic rings. The number of hydrogen-bond acceptors (Lipinski definition) is 3. The molecular weight excluding hydrogens is 292 g/mol. The van der Waals surface area contributed by atoms with Crippen molar-refractivity contribution in [1.29, 1.82) is 0 Å². The molecular formula is C15H17ClN2OS. The highest BCUT2D eigenvalue weighted by atomic mass is 35.5. The van der Waals surface area contributed by atoms with Gasteiger partial charge in [-0.2, -0.15) is 0 Å². The van der Waals surface area contributed by atoms with Crippen LogP contribution in [0.2, 0.25) is 5.02 Å². The zero-order chi connectivity index (χ0) is 14.7. The fraction of sp³-hybridized carbons (Fsp3) is 0.267. The maximum atomic E-state index is 12.1. The molecule has 106 valence electrons. The van der Waals surface area contributed by atoms with Crippen molar-refractivity contribution in [2.45, 2.75) is 19.9 Å². The molecule has 20 heavy (non-hydrogen) atoms. The first-order valence-electron chi connectivity index (χ1n) is 6.38. The highest BCUT2D eigenvalue weighted by molar-refractivity contribution is 7.17. The monoisotopic (exact) mass is 308 g/mol. The van der Waals surface area contributed by atoms with Crippen molar-refractivity contribution < 1.29 is 4.79 Å². The average molecular weight is 309 g/mol. The van der Waals surface area contributed by atoms with Crippen LogP contribution in [0.5, 0.6) is 0 Å². The molecule has 0 fully saturated rings. The van der Waals surface area contributed by atoms with E-state index < -0.39 is 0 Å². The first kappa shape index (κ1) is 15.0. The first-order valence-corrected chi connectivity index (χ1v) is 7.58. The number of amides is 1. The molecule has 0 spiro atoms. The lowest BCUT2D eigenvalue weighted by atomic mass is 10.1. The molecule has 0 bridgehead atoms. The van der Waals surface area contributed by atoms with E-state index in [1.54, 1.807) is 0 Å². The summed E-state index contributed by atoms with van der Waals surface area (Å²) in [6.07, 6.45) is 0. The number of carbonyl (C=O) groups is 1. The molecule has 0 radical (unpaired) electrons. The molecule has 3 nitrogen and oxygen atoms in total. The predicted molar refractivity (Wildman–Crippen MR) is 85.5 cm³/mol. The number of rotatable bonds is 4. The van der Waals surface area contributed by atoms with E-state index in [4.69, 9.17) is 17.3 Å². The lowest BCUT2D eigenvalue weighted by Gasteiger charge is -2.09. The highest BCUT2D eigenvalue weighted by Gasteiger charge is 2.15. The van der Waals surface area contributed by atoms with E-state index in [-0.39, 0.29) is 11.9 Å². The molecule has 2 rings (SSSR count). The van der Waals surface area contributed by atoms with Gasteiger partial charge in [0, 0.05) is 22.5 Å². The molecule has 1 atom stereocenters. The van der Waals surface area contributed by atoms with Gasteiger partial charge in [0.25, 0.3) is 5.91 Å². The van der Waals surface area contributed by atoms with Gasteiger partial charge in [0.15, 0.2) is 0 Å². The second-order valence-electron chi connectivity index (χ2n) is 4.74. The summed E-state index contributed by atoms with van der Waals surface area (Å²) in [4.78, 5) is 13.9. The SMILES string of the molecule is Cc1cc(C(=O)N[C@@H](C)CN)sc1-c1cccc(Cl)c1. The largest absolute Gasteiger partial charge is 0.348 e. The summed E-state index contributed by atoms with van der Waals surface area (Å²) < 4.78 is 0. The molecule has 1 aromatic carbocycles. The second-order valence-corrected chi connectivity index (χ2v) is 6.23. The Balaban J connectivity index is 2.28. The molecule has 1 aromatic heterocycles. The molecule has 0 aliphatic carbocycles. The maximum Gasteiger partial charge on any atom is 0.261 e. The minimum atomic E-state index is -0.0793. The Morgan fingerprint density at radius 1 is 1.45 bits per heavy atom. The lowest BCUT2D eigenvalue weighted by Crippen LogP contribution is -2.37. The van der Waals surface area contributed by atoms with Crippen molar-refractivity contribution in [3.8, 4) is 10.4 Å². The Hall–Kier alpha value is -1.36. The normalized spacial score (nSPS) is 12.2. The van der Waals surface area contributed by atoms with Gasteiger partial charge in [-0.1, -0.05) is 23.7 Å². The van der Waals surface area contributed by atoms with E-state index in [1.807, 2.05) is 44.2 Å². The van der Waals surface area contributed by atoms with Gasteiger partial charge in [-0.25, -0.2) is 0 Å². The Morgan fingerprint density at radius 3 is 2.85 bits per heavy atom. The number of nitrogens with one attached hydrogen (secondary N) is 1. The van der Waals surface area contributed by atoms with Gasteiger partial charge in [-0.15, -0.1) is 11.3 Å². The summed E-state index contributed by atoms with van der Waals surface area (Å²) in [6.45, 7) is 4.31. The standard InChI is InChI=1S/C15H17ClN2OS/c1-9-6-13(15(19)18-10(2)8-17)20-14(9)11-4-3-5-12(16)7-11/h3-7,10H,8,17H2,1-2H3,(H,18,19)/t10-/m0/s1. The van der Waals surface area contributed by atoms with Crippen molar-refractivity contribution >= 4 is 28.8 Å². The zero-order valence-corrected chi connectivity index (χ0v) is 13.0. The number of thiophene rings is 1. The number of halogens is 1. The zero-order valence-electron chi connectivity index (χ0n) is 11.4. The van der Waals surface area contributed by atoms with Crippen LogP contribution in [0.25, 0.3) is 10.4 Å². The quantitative estimate of drug-likeness (QED) is 0.909. The number of hydrogen-bond donors (Lipinski definition) is 2. The number of benzene rings is 1. The van der Waals surface area contributed by atoms with Gasteiger partial charge in [0.1, 0.15) is 0 Å². The molecule has 1 amide bonds. The van der Waals surface area contributed by atoms with Crippen molar-refractivity contribution in [3.63, 3.8) is 0 Å². The van der Waals surface area contributed by atoms with Crippen molar-refractivity contribution in [3.05, 3.63) is 45.8 Å². The van der Waals surface area contributed by atoms with Crippen LogP contribution in [-0.4, -0.2) is 18.5 Å². The van der Waals surface area contributed by atoms with Crippen LogP contribution in [0.4, 0.5) is 0 Å². The third-order valence-electron chi connectivity index (χ3n) is 2.96. The Labute approximate surface area is 127 Å². The summed E-state index contributed by atoms with van der Waals surface area (Å²) in [6, 6.07) is 9.52. The number of carbonyl (C=O) groups excluding carboxylic acids is 1. The summed E-state index contributed by atoms with van der Waals surface area (Å²) in [5.41, 5.74) is 7.62. The second kappa shape index (κ2) is 6.39. The molecule has 1 heterocycles. The molecule has 5 heteroatoms. The molecule has 0 aliphatic heterocycles. The van der Waals surface area contributed by atoms with Gasteiger partial charge < -0.3 is 11.1 Å². The van der Waals surface area contributed by atoms with Gasteiger partial charge >= 0.3 is 0 Å². The van der Waals surface area contributed by atoms with Gasteiger partial charge in [0.2, 0.25) is 0 Å². The third kappa shape index (κ3) is 3.39. The van der Waals surface area contributed by atoms with Crippen LogP contribution >= 0.6 is 22.9 Å². The van der Waals surface area contributed by atoms with Crippen LogP contribution in [0, 0.1) is 6.92 Å². The molecule has 0 saturated carbocycles. The van der Waals surface area contributed by atoms with E-state index in [0.717, 1.165) is 16.0 Å². The fourth-order valence-electron chi connectivity index (χ4n) is 1.86. The van der Waals surface area contributed by atoms with Gasteiger partial charge in [-0.05, 0) is 43.2 Å². The van der Waals surface area contributed by atoms with E-state index >= 15 is 0 Å². The number of nitrogens with two attached hydrogens (primary N) is 1. The number of aryl methyl sites for hydroxylation is 1. The van der Waals surface area contributed by atoms with Crippen LogP contribution in [0.3, 0.4) is 0 Å². The van der Waals surface area contributed by atoms with Crippen LogP contribution in [0.1, 0.15) is 22.2 Å². The summed E-state index contributed by atoms with van der Waals surface area (Å²) in [7, 11) is 0. The fourth-order valence-corrected chi connectivity index (χ4v) is 3.13. The van der Waals surface area contributed by atoms with Crippen LogP contribution in [-0.2, 0) is 0 Å². The van der Waals surface area contributed by atoms with Crippen molar-refractivity contribution in [1.82, 2.24) is 5.32 Å². The Kier molecular flexibility index (Phi) is 4.81. The average Bonchev–Trinajstić information content (AvgIpc) is 2.80. The maximum absolute atomic E-state index is 12.1. The minimum Gasteiger partial charge on any atom is -0.348 e. The minimum absolute atomic E-state index is 0.0282. The van der Waals surface area contributed by atoms with Crippen molar-refractivity contribution in [2.24, 2.45) is 5.73 Å². The first-order chi connectivity index (χ1) is 9.51. The van der Waals surface area contributed by atoms with E-state index in [0.29, 0.717) is 16.4 Å². The topological polar surface area (TPSA) is 55.1 Å². The lowest BCUT2D eigenvalue weighted by molar-refractivity contribution is 0.0945. The molecule has 2 aromatic rings. The van der Waals surface area contributed by atoms with E-state index in [1.165, 1.54) is 11.3 Å². The third-order valence-corrected chi connectivity index (χ3v) is 4.48. The van der Waals surface area contributed by atoms with Crippen LogP contribution < -0.4 is 11.1 Å². The highest BCUT2D eigenvalue weighted by Crippen LogP contribution is 2.33. The summed E-state index contributed by atoms with van der Waals surface area (Å²) >= 11 is 7.49. The summed E-state index contributed by atoms with van der Waals surface area (Å²) in [5, 5.41) is 3.56. The van der Waals surface area contributed by atoms with E-state index in [9.17, 15) is 4.79 Å². The smallest absolute Gasteiger partial charge is 0.261 e.